The quantitative estimate of drug-likeness (QED) is 0.853. The largest absolute Gasteiger partial charge is 0.481 e. The molecule has 2 aromatic carbocycles. The maximum absolute atomic E-state index is 10.9. The summed E-state index contributed by atoms with van der Waals surface area (Å²) >= 11 is 6.00. The van der Waals surface area contributed by atoms with Crippen LogP contribution in [0.4, 0.5) is 0 Å². The summed E-state index contributed by atoms with van der Waals surface area (Å²) in [5, 5.41) is 13.1. The van der Waals surface area contributed by atoms with Gasteiger partial charge in [-0.1, -0.05) is 48.0 Å². The van der Waals surface area contributed by atoms with Crippen LogP contribution in [0.25, 0.3) is 0 Å². The van der Waals surface area contributed by atoms with Gasteiger partial charge in [-0.15, -0.1) is 0 Å². The molecule has 110 valence electrons. The zero-order valence-electron chi connectivity index (χ0n) is 11.8. The zero-order valence-corrected chi connectivity index (χ0v) is 12.6. The van der Waals surface area contributed by atoms with Crippen molar-refractivity contribution in [1.29, 1.82) is 0 Å². The molecule has 2 rings (SSSR count). The molecule has 0 saturated heterocycles. The normalized spacial score (nSPS) is 12.1. The number of carboxylic acids is 1. The van der Waals surface area contributed by atoms with E-state index in [-0.39, 0.29) is 12.5 Å². The number of aliphatic carboxylic acids is 1. The molecule has 0 bridgehead atoms. The third-order valence-electron chi connectivity index (χ3n) is 3.41. The molecule has 3 nitrogen and oxygen atoms in total. The lowest BCUT2D eigenvalue weighted by Gasteiger charge is -2.16. The van der Waals surface area contributed by atoms with Gasteiger partial charge in [0.15, 0.2) is 0 Å². The highest BCUT2D eigenvalue weighted by Crippen LogP contribution is 2.18. The predicted molar refractivity (Wildman–Crippen MR) is 84.5 cm³/mol. The van der Waals surface area contributed by atoms with E-state index in [1.807, 2.05) is 48.5 Å². The maximum Gasteiger partial charge on any atom is 0.307 e. The first-order valence-electron chi connectivity index (χ1n) is 6.83. The number of carbonyl (C=O) groups is 1. The molecule has 0 radical (unpaired) electrons. The first-order valence-corrected chi connectivity index (χ1v) is 7.21. The van der Waals surface area contributed by atoms with Gasteiger partial charge < -0.3 is 10.4 Å². The van der Waals surface area contributed by atoms with Crippen molar-refractivity contribution in [3.05, 3.63) is 70.2 Å². The van der Waals surface area contributed by atoms with E-state index >= 15 is 0 Å². The van der Waals surface area contributed by atoms with Gasteiger partial charge in [0.1, 0.15) is 0 Å². The van der Waals surface area contributed by atoms with E-state index in [1.165, 1.54) is 0 Å². The van der Waals surface area contributed by atoms with E-state index in [0.717, 1.165) is 16.7 Å². The van der Waals surface area contributed by atoms with Crippen molar-refractivity contribution in [2.75, 3.05) is 0 Å². The Morgan fingerprint density at radius 1 is 1.19 bits per heavy atom. The van der Waals surface area contributed by atoms with Crippen LogP contribution in [0.2, 0.25) is 5.02 Å². The minimum Gasteiger partial charge on any atom is -0.481 e. The molecule has 0 aliphatic rings. The third-order valence-corrected chi connectivity index (χ3v) is 3.64. The molecule has 0 saturated carbocycles. The fourth-order valence-electron chi connectivity index (χ4n) is 2.22. The number of carboxylic acid groups (broad SMARTS) is 1. The smallest absolute Gasteiger partial charge is 0.307 e. The molecule has 0 amide bonds. The lowest BCUT2D eigenvalue weighted by molar-refractivity contribution is -0.136. The van der Waals surface area contributed by atoms with E-state index in [1.54, 1.807) is 0 Å². The summed E-state index contributed by atoms with van der Waals surface area (Å²) < 4.78 is 0. The van der Waals surface area contributed by atoms with Crippen LogP contribution in [0, 0.1) is 0 Å². The molecule has 0 fully saturated rings. The minimum absolute atomic E-state index is 0.0450. The molecule has 0 unspecified atom stereocenters. The average Bonchev–Trinajstić information content (AvgIpc) is 2.45. The molecule has 0 spiro atoms. The minimum atomic E-state index is -0.815. The van der Waals surface area contributed by atoms with Crippen molar-refractivity contribution in [2.45, 2.75) is 25.9 Å². The first-order chi connectivity index (χ1) is 10.1. The van der Waals surface area contributed by atoms with Gasteiger partial charge in [-0.3, -0.25) is 4.79 Å². The van der Waals surface area contributed by atoms with Crippen LogP contribution in [-0.4, -0.2) is 11.1 Å². The molecule has 0 aromatic heterocycles. The van der Waals surface area contributed by atoms with Crippen molar-refractivity contribution >= 4 is 17.6 Å². The first kappa shape index (κ1) is 15.5. The highest BCUT2D eigenvalue weighted by Gasteiger charge is 2.09. The topological polar surface area (TPSA) is 49.3 Å². The van der Waals surface area contributed by atoms with E-state index in [9.17, 15) is 4.79 Å². The molecule has 2 N–H and O–H groups in total. The van der Waals surface area contributed by atoms with Crippen LogP contribution in [0.1, 0.15) is 29.7 Å². The van der Waals surface area contributed by atoms with Gasteiger partial charge in [-0.25, -0.2) is 0 Å². The summed E-state index contributed by atoms with van der Waals surface area (Å²) in [5.41, 5.74) is 2.96. The summed E-state index contributed by atoms with van der Waals surface area (Å²) in [6, 6.07) is 15.5. The van der Waals surface area contributed by atoms with Gasteiger partial charge in [0.05, 0.1) is 6.42 Å². The highest BCUT2D eigenvalue weighted by atomic mass is 35.5. The number of hydrogen-bond donors (Lipinski definition) is 2. The third kappa shape index (κ3) is 4.59. The van der Waals surface area contributed by atoms with Crippen LogP contribution in [0.5, 0.6) is 0 Å². The second-order valence-corrected chi connectivity index (χ2v) is 5.43. The van der Waals surface area contributed by atoms with Crippen LogP contribution in [0.3, 0.4) is 0 Å². The van der Waals surface area contributed by atoms with Crippen molar-refractivity contribution < 1.29 is 9.90 Å². The molecular formula is C17H18ClNO2. The van der Waals surface area contributed by atoms with Gasteiger partial charge in [-0.05, 0) is 35.7 Å². The average molecular weight is 304 g/mol. The van der Waals surface area contributed by atoms with E-state index < -0.39 is 5.97 Å². The SMILES string of the molecule is C[C@H](NCc1ccccc1CC(=O)O)c1cccc(Cl)c1. The Labute approximate surface area is 129 Å². The monoisotopic (exact) mass is 303 g/mol. The van der Waals surface area contributed by atoms with E-state index in [0.29, 0.717) is 11.6 Å². The molecule has 0 aliphatic heterocycles. The Morgan fingerprint density at radius 2 is 1.90 bits per heavy atom. The molecule has 0 heterocycles. The number of hydrogen-bond acceptors (Lipinski definition) is 2. The standard InChI is InChI=1S/C17H18ClNO2/c1-12(13-7-4-8-16(18)9-13)19-11-15-6-3-2-5-14(15)10-17(20)21/h2-9,12,19H,10-11H2,1H3,(H,20,21)/t12-/m0/s1. The Hall–Kier alpha value is -1.84. The van der Waals surface area contributed by atoms with Crippen LogP contribution < -0.4 is 5.32 Å². The summed E-state index contributed by atoms with van der Waals surface area (Å²) in [6.07, 6.45) is 0.0450. The fourth-order valence-corrected chi connectivity index (χ4v) is 2.42. The van der Waals surface area contributed by atoms with Crippen molar-refractivity contribution in [1.82, 2.24) is 5.32 Å². The van der Waals surface area contributed by atoms with Crippen LogP contribution in [0.15, 0.2) is 48.5 Å². The van der Waals surface area contributed by atoms with Gasteiger partial charge in [0.25, 0.3) is 0 Å². The zero-order chi connectivity index (χ0) is 15.2. The van der Waals surface area contributed by atoms with Gasteiger partial charge in [0.2, 0.25) is 0 Å². The second-order valence-electron chi connectivity index (χ2n) is 5.00. The molecular weight excluding hydrogens is 286 g/mol. The second kappa shape index (κ2) is 7.25. The number of rotatable bonds is 6. The summed E-state index contributed by atoms with van der Waals surface area (Å²) in [6.45, 7) is 2.68. The number of benzene rings is 2. The lowest BCUT2D eigenvalue weighted by atomic mass is 10.0. The van der Waals surface area contributed by atoms with E-state index in [2.05, 4.69) is 12.2 Å². The van der Waals surface area contributed by atoms with Crippen molar-refractivity contribution in [2.24, 2.45) is 0 Å². The summed E-state index contributed by atoms with van der Waals surface area (Å²) in [7, 11) is 0. The molecule has 2 aromatic rings. The summed E-state index contributed by atoms with van der Waals surface area (Å²) in [5.74, 6) is -0.815. The van der Waals surface area contributed by atoms with Gasteiger partial charge in [0, 0.05) is 17.6 Å². The predicted octanol–water partition coefficient (Wildman–Crippen LogP) is 3.82. The summed E-state index contributed by atoms with van der Waals surface area (Å²) in [4.78, 5) is 10.9. The van der Waals surface area contributed by atoms with Gasteiger partial charge >= 0.3 is 5.97 Å². The molecule has 4 heteroatoms. The maximum atomic E-state index is 10.9. The molecule has 21 heavy (non-hydrogen) atoms. The lowest BCUT2D eigenvalue weighted by Crippen LogP contribution is -2.19. The van der Waals surface area contributed by atoms with Crippen LogP contribution in [-0.2, 0) is 17.8 Å². The number of halogens is 1. The Morgan fingerprint density at radius 3 is 2.57 bits per heavy atom. The Bertz CT molecular complexity index is 628. The Balaban J connectivity index is 2.04. The Kier molecular flexibility index (Phi) is 5.37. The van der Waals surface area contributed by atoms with Crippen molar-refractivity contribution in [3.63, 3.8) is 0 Å². The van der Waals surface area contributed by atoms with Crippen molar-refractivity contribution in [3.8, 4) is 0 Å². The molecule has 1 atom stereocenters. The fraction of sp³-hybridized carbons (Fsp3) is 0.235. The molecule has 0 aliphatic carbocycles. The van der Waals surface area contributed by atoms with Crippen LogP contribution >= 0.6 is 11.6 Å². The number of nitrogens with one attached hydrogen (secondary N) is 1. The van der Waals surface area contributed by atoms with Gasteiger partial charge in [-0.2, -0.15) is 0 Å². The van der Waals surface area contributed by atoms with E-state index in [4.69, 9.17) is 16.7 Å². The highest BCUT2D eigenvalue weighted by molar-refractivity contribution is 6.30.